The van der Waals surface area contributed by atoms with Gasteiger partial charge in [0.05, 0.1) is 25.4 Å². The first-order valence-electron chi connectivity index (χ1n) is 8.79. The van der Waals surface area contributed by atoms with E-state index in [1.165, 1.54) is 6.42 Å². The number of aliphatic imine (C=N–C) groups is 1. The molecule has 140 valence electrons. The highest BCUT2D eigenvalue weighted by molar-refractivity contribution is 14.0. The van der Waals surface area contributed by atoms with Crippen LogP contribution in [0.2, 0.25) is 0 Å². The molecule has 1 aromatic carbocycles. The van der Waals surface area contributed by atoms with Crippen molar-refractivity contribution in [3.8, 4) is 0 Å². The number of rotatable bonds is 3. The molecule has 1 aromatic rings. The first-order chi connectivity index (χ1) is 11.6. The van der Waals surface area contributed by atoms with Crippen LogP contribution in [0, 0.1) is 11.7 Å². The summed E-state index contributed by atoms with van der Waals surface area (Å²) in [6.45, 7) is 7.33. The Morgan fingerprint density at radius 1 is 1.32 bits per heavy atom. The van der Waals surface area contributed by atoms with Crippen molar-refractivity contribution in [2.75, 3.05) is 44.3 Å². The van der Waals surface area contributed by atoms with Gasteiger partial charge in [-0.05, 0) is 36.5 Å². The van der Waals surface area contributed by atoms with E-state index in [0.717, 1.165) is 38.2 Å². The van der Waals surface area contributed by atoms with Gasteiger partial charge < -0.3 is 20.3 Å². The maximum Gasteiger partial charge on any atom is 0.191 e. The molecule has 2 saturated heterocycles. The average Bonchev–Trinajstić information content (AvgIpc) is 2.60. The number of guanidine groups is 1. The van der Waals surface area contributed by atoms with E-state index in [-0.39, 0.29) is 29.8 Å². The number of piperidine rings is 1. The van der Waals surface area contributed by atoms with Gasteiger partial charge in [0.15, 0.2) is 5.96 Å². The highest BCUT2D eigenvalue weighted by Gasteiger charge is 2.18. The Bertz CT molecular complexity index is 592. The van der Waals surface area contributed by atoms with Gasteiger partial charge in [-0.15, -0.1) is 24.0 Å². The van der Waals surface area contributed by atoms with E-state index in [1.54, 1.807) is 6.07 Å². The molecule has 0 spiro atoms. The minimum Gasteiger partial charge on any atom is -0.378 e. The number of nitrogens with zero attached hydrogens (tertiary/aromatic N) is 3. The minimum absolute atomic E-state index is 0. The first-order valence-corrected chi connectivity index (χ1v) is 8.79. The summed E-state index contributed by atoms with van der Waals surface area (Å²) in [5.41, 5.74) is 7.59. The van der Waals surface area contributed by atoms with Crippen molar-refractivity contribution in [1.82, 2.24) is 4.90 Å². The van der Waals surface area contributed by atoms with Crippen LogP contribution in [0.5, 0.6) is 0 Å². The van der Waals surface area contributed by atoms with Crippen LogP contribution in [0.3, 0.4) is 0 Å². The first kappa shape index (κ1) is 20.2. The lowest BCUT2D eigenvalue weighted by atomic mass is 10.0. The van der Waals surface area contributed by atoms with Crippen LogP contribution in [0.15, 0.2) is 23.2 Å². The highest BCUT2D eigenvalue weighted by atomic mass is 127. The molecule has 2 aliphatic heterocycles. The van der Waals surface area contributed by atoms with Gasteiger partial charge in [-0.2, -0.15) is 0 Å². The van der Waals surface area contributed by atoms with Gasteiger partial charge in [-0.1, -0.05) is 13.0 Å². The molecule has 2 aliphatic rings. The fraction of sp³-hybridized carbons (Fsp3) is 0.611. The second kappa shape index (κ2) is 9.56. The topological polar surface area (TPSA) is 54.1 Å². The van der Waals surface area contributed by atoms with Crippen molar-refractivity contribution in [1.29, 1.82) is 0 Å². The quantitative estimate of drug-likeness (QED) is 0.427. The lowest BCUT2D eigenvalue weighted by Gasteiger charge is -2.31. The highest BCUT2D eigenvalue weighted by Crippen LogP contribution is 2.22. The predicted octanol–water partition coefficient (Wildman–Crippen LogP) is 2.83. The summed E-state index contributed by atoms with van der Waals surface area (Å²) in [6, 6.07) is 5.34. The fourth-order valence-corrected chi connectivity index (χ4v) is 3.38. The van der Waals surface area contributed by atoms with Gasteiger partial charge in [0.25, 0.3) is 0 Å². The zero-order valence-corrected chi connectivity index (χ0v) is 17.1. The maximum atomic E-state index is 14.4. The van der Waals surface area contributed by atoms with Gasteiger partial charge in [-0.25, -0.2) is 9.38 Å². The van der Waals surface area contributed by atoms with Gasteiger partial charge in [0.2, 0.25) is 0 Å². The maximum absolute atomic E-state index is 14.4. The molecular formula is C18H28FIN4O. The molecule has 0 radical (unpaired) electrons. The number of anilines is 1. The van der Waals surface area contributed by atoms with Crippen LogP contribution in [0.1, 0.15) is 25.3 Å². The Morgan fingerprint density at radius 3 is 2.76 bits per heavy atom. The molecule has 0 amide bonds. The molecule has 0 bridgehead atoms. The van der Waals surface area contributed by atoms with Gasteiger partial charge in [0, 0.05) is 26.2 Å². The molecule has 2 N–H and O–H groups in total. The summed E-state index contributed by atoms with van der Waals surface area (Å²) >= 11 is 0. The lowest BCUT2D eigenvalue weighted by Crippen LogP contribution is -2.43. The molecule has 3 rings (SSSR count). The summed E-state index contributed by atoms with van der Waals surface area (Å²) in [7, 11) is 0. The lowest BCUT2D eigenvalue weighted by molar-refractivity contribution is 0.122. The van der Waals surface area contributed by atoms with Crippen LogP contribution < -0.4 is 10.6 Å². The van der Waals surface area contributed by atoms with Crippen molar-refractivity contribution in [2.45, 2.75) is 26.3 Å². The minimum atomic E-state index is -0.199. The Hall–Kier alpha value is -1.09. The van der Waals surface area contributed by atoms with Crippen molar-refractivity contribution >= 4 is 35.6 Å². The zero-order chi connectivity index (χ0) is 16.9. The van der Waals surface area contributed by atoms with E-state index in [9.17, 15) is 4.39 Å². The van der Waals surface area contributed by atoms with Crippen molar-refractivity contribution in [3.05, 3.63) is 29.6 Å². The van der Waals surface area contributed by atoms with Crippen LogP contribution in [0.25, 0.3) is 0 Å². The Labute approximate surface area is 166 Å². The number of ether oxygens (including phenoxy) is 1. The molecule has 1 unspecified atom stereocenters. The number of likely N-dealkylation sites (tertiary alicyclic amines) is 1. The Balaban J connectivity index is 0.00000225. The number of hydrogen-bond acceptors (Lipinski definition) is 3. The fourth-order valence-electron chi connectivity index (χ4n) is 3.38. The third kappa shape index (κ3) is 5.44. The molecule has 1 atom stereocenters. The molecule has 5 nitrogen and oxygen atoms in total. The van der Waals surface area contributed by atoms with Gasteiger partial charge in [-0.3, -0.25) is 0 Å². The largest absolute Gasteiger partial charge is 0.378 e. The monoisotopic (exact) mass is 462 g/mol. The van der Waals surface area contributed by atoms with Crippen LogP contribution in [-0.4, -0.2) is 50.3 Å². The van der Waals surface area contributed by atoms with E-state index >= 15 is 0 Å². The molecule has 0 aromatic heterocycles. The summed E-state index contributed by atoms with van der Waals surface area (Å²) < 4.78 is 19.7. The normalized spacial score (nSPS) is 21.8. The molecule has 0 saturated carbocycles. The molecule has 7 heteroatoms. The van der Waals surface area contributed by atoms with Gasteiger partial charge >= 0.3 is 0 Å². The second-order valence-corrected chi connectivity index (χ2v) is 6.75. The molecule has 25 heavy (non-hydrogen) atoms. The Morgan fingerprint density at radius 2 is 2.08 bits per heavy atom. The van der Waals surface area contributed by atoms with Crippen molar-refractivity contribution in [3.63, 3.8) is 0 Å². The molecule has 2 fully saturated rings. The third-order valence-corrected chi connectivity index (χ3v) is 4.77. The number of benzene rings is 1. The van der Waals surface area contributed by atoms with Crippen molar-refractivity contribution < 1.29 is 9.13 Å². The average molecular weight is 462 g/mol. The van der Waals surface area contributed by atoms with Gasteiger partial charge in [0.1, 0.15) is 5.82 Å². The van der Waals surface area contributed by atoms with Crippen LogP contribution in [-0.2, 0) is 11.3 Å². The zero-order valence-electron chi connectivity index (χ0n) is 14.8. The summed E-state index contributed by atoms with van der Waals surface area (Å²) in [6.07, 6.45) is 2.40. The number of halogens is 2. The summed E-state index contributed by atoms with van der Waals surface area (Å²) in [4.78, 5) is 8.61. The smallest absolute Gasteiger partial charge is 0.191 e. The van der Waals surface area contributed by atoms with E-state index < -0.39 is 0 Å². The number of hydrogen-bond donors (Lipinski definition) is 1. The standard InChI is InChI=1S/C18H27FN4O.HI/c1-14-3-2-6-23(13-14)18(20)21-12-15-4-5-17(16(19)11-15)22-7-9-24-10-8-22;/h4-5,11,14H,2-3,6-10,12-13H2,1H3,(H2,20,21);1H. The van der Waals surface area contributed by atoms with Crippen LogP contribution in [0.4, 0.5) is 10.1 Å². The summed E-state index contributed by atoms with van der Waals surface area (Å²) in [5.74, 6) is 1.02. The van der Waals surface area contributed by atoms with E-state index in [1.807, 2.05) is 17.0 Å². The number of morpholine rings is 1. The molecule has 2 heterocycles. The predicted molar refractivity (Wildman–Crippen MR) is 110 cm³/mol. The van der Waals surface area contributed by atoms with E-state index in [0.29, 0.717) is 37.3 Å². The number of nitrogens with two attached hydrogens (primary N) is 1. The molecular weight excluding hydrogens is 434 g/mol. The molecule has 0 aliphatic carbocycles. The van der Waals surface area contributed by atoms with E-state index in [4.69, 9.17) is 10.5 Å². The van der Waals surface area contributed by atoms with Crippen LogP contribution >= 0.6 is 24.0 Å². The van der Waals surface area contributed by atoms with Crippen molar-refractivity contribution in [2.24, 2.45) is 16.6 Å². The second-order valence-electron chi connectivity index (χ2n) is 6.75. The Kier molecular flexibility index (Phi) is 7.74. The third-order valence-electron chi connectivity index (χ3n) is 4.77. The van der Waals surface area contributed by atoms with E-state index in [2.05, 4.69) is 16.8 Å². The SMILES string of the molecule is CC1CCCN(C(N)=NCc2ccc(N3CCOCC3)c(F)c2)C1.I. The summed E-state index contributed by atoms with van der Waals surface area (Å²) in [5, 5.41) is 0.